The molecular formula is C11H14F3NS2. The molecule has 1 rings (SSSR count). The van der Waals surface area contributed by atoms with Crippen LogP contribution in [0.25, 0.3) is 0 Å². The first-order valence-electron chi connectivity index (χ1n) is 5.14. The van der Waals surface area contributed by atoms with Gasteiger partial charge in [-0.2, -0.15) is 13.2 Å². The average molecular weight is 281 g/mol. The Kier molecular flexibility index (Phi) is 4.77. The standard InChI is InChI=1S/C11H14F3NS2/c1-6(2)8-4-10(7(3)17-16)15-5-9(8)11(12,13)14/h4-7,16H,1-3H3. The molecule has 0 bridgehead atoms. The molecule has 1 atom stereocenters. The number of pyridine rings is 1. The molecule has 0 aliphatic carbocycles. The van der Waals surface area contributed by atoms with Gasteiger partial charge in [-0.15, -0.1) is 11.7 Å². The maximum Gasteiger partial charge on any atom is 0.418 e. The first-order chi connectivity index (χ1) is 7.77. The van der Waals surface area contributed by atoms with E-state index < -0.39 is 11.7 Å². The van der Waals surface area contributed by atoms with Gasteiger partial charge in [0.15, 0.2) is 0 Å². The molecule has 1 nitrogen and oxygen atoms in total. The van der Waals surface area contributed by atoms with Gasteiger partial charge >= 0.3 is 6.18 Å². The van der Waals surface area contributed by atoms with E-state index in [4.69, 9.17) is 0 Å². The minimum absolute atomic E-state index is 0.0295. The summed E-state index contributed by atoms with van der Waals surface area (Å²) in [4.78, 5) is 3.87. The van der Waals surface area contributed by atoms with Crippen LogP contribution in [0.15, 0.2) is 12.3 Å². The van der Waals surface area contributed by atoms with Crippen molar-refractivity contribution >= 4 is 22.5 Å². The summed E-state index contributed by atoms with van der Waals surface area (Å²) in [5.41, 5.74) is 0.269. The Morgan fingerprint density at radius 1 is 1.29 bits per heavy atom. The lowest BCUT2D eigenvalue weighted by atomic mass is 9.97. The first-order valence-corrected chi connectivity index (χ1v) is 7.07. The molecule has 0 saturated heterocycles. The molecule has 0 N–H and O–H groups in total. The highest BCUT2D eigenvalue weighted by Gasteiger charge is 2.34. The zero-order chi connectivity index (χ0) is 13.2. The van der Waals surface area contributed by atoms with Gasteiger partial charge in [0.05, 0.1) is 16.5 Å². The molecule has 0 fully saturated rings. The second-order valence-electron chi connectivity index (χ2n) is 4.10. The van der Waals surface area contributed by atoms with Gasteiger partial charge in [0.25, 0.3) is 0 Å². The molecule has 0 radical (unpaired) electrons. The highest BCUT2D eigenvalue weighted by atomic mass is 33.1. The number of hydrogen-bond donors (Lipinski definition) is 1. The molecular weight excluding hydrogens is 267 g/mol. The maximum atomic E-state index is 12.8. The van der Waals surface area contributed by atoms with Crippen LogP contribution in [-0.4, -0.2) is 4.98 Å². The number of rotatable bonds is 3. The predicted molar refractivity (Wildman–Crippen MR) is 68.3 cm³/mol. The van der Waals surface area contributed by atoms with Gasteiger partial charge in [-0.05, 0) is 24.5 Å². The summed E-state index contributed by atoms with van der Waals surface area (Å²) in [5.74, 6) is -0.189. The number of alkyl halides is 3. The SMILES string of the molecule is CC(C)c1cc(C(C)SS)ncc1C(F)(F)F. The van der Waals surface area contributed by atoms with Crippen LogP contribution in [0.2, 0.25) is 0 Å². The van der Waals surface area contributed by atoms with Crippen LogP contribution in [0.3, 0.4) is 0 Å². The Morgan fingerprint density at radius 3 is 2.29 bits per heavy atom. The maximum absolute atomic E-state index is 12.8. The smallest absolute Gasteiger partial charge is 0.259 e. The first kappa shape index (κ1) is 14.7. The molecule has 96 valence electrons. The summed E-state index contributed by atoms with van der Waals surface area (Å²) >= 11 is 4.05. The van der Waals surface area contributed by atoms with Crippen molar-refractivity contribution in [1.82, 2.24) is 4.98 Å². The molecule has 0 aliphatic heterocycles. The number of halogens is 3. The largest absolute Gasteiger partial charge is 0.418 e. The van der Waals surface area contributed by atoms with Crippen LogP contribution < -0.4 is 0 Å². The van der Waals surface area contributed by atoms with Crippen molar-refractivity contribution in [3.05, 3.63) is 29.1 Å². The van der Waals surface area contributed by atoms with Gasteiger partial charge in [-0.1, -0.05) is 24.6 Å². The van der Waals surface area contributed by atoms with Crippen molar-refractivity contribution in [1.29, 1.82) is 0 Å². The van der Waals surface area contributed by atoms with E-state index in [0.29, 0.717) is 5.69 Å². The van der Waals surface area contributed by atoms with E-state index in [2.05, 4.69) is 16.6 Å². The molecule has 6 heteroatoms. The Bertz CT molecular complexity index is 391. The third-order valence-corrected chi connectivity index (χ3v) is 3.97. The van der Waals surface area contributed by atoms with E-state index in [0.717, 1.165) is 6.20 Å². The van der Waals surface area contributed by atoms with Crippen LogP contribution in [0.5, 0.6) is 0 Å². The fraction of sp³-hybridized carbons (Fsp3) is 0.545. The monoisotopic (exact) mass is 281 g/mol. The second kappa shape index (κ2) is 5.52. The molecule has 1 aromatic heterocycles. The van der Waals surface area contributed by atoms with Crippen LogP contribution in [0.4, 0.5) is 13.2 Å². The third kappa shape index (κ3) is 3.55. The predicted octanol–water partition coefficient (Wildman–Crippen LogP) is 4.86. The Balaban J connectivity index is 3.27. The van der Waals surface area contributed by atoms with Crippen LogP contribution in [0, 0.1) is 0 Å². The van der Waals surface area contributed by atoms with E-state index >= 15 is 0 Å². The van der Waals surface area contributed by atoms with Crippen molar-refractivity contribution in [2.24, 2.45) is 0 Å². The molecule has 0 aromatic carbocycles. The Morgan fingerprint density at radius 2 is 1.88 bits per heavy atom. The van der Waals surface area contributed by atoms with Gasteiger partial charge in [0, 0.05) is 6.20 Å². The summed E-state index contributed by atoms with van der Waals surface area (Å²) in [5, 5.41) is -0.0295. The summed E-state index contributed by atoms with van der Waals surface area (Å²) in [6.45, 7) is 5.34. The van der Waals surface area contributed by atoms with Crippen molar-refractivity contribution in [2.75, 3.05) is 0 Å². The van der Waals surface area contributed by atoms with E-state index in [1.807, 2.05) is 6.92 Å². The van der Waals surface area contributed by atoms with Crippen molar-refractivity contribution in [3.63, 3.8) is 0 Å². The topological polar surface area (TPSA) is 12.9 Å². The minimum atomic E-state index is -4.34. The third-order valence-electron chi connectivity index (χ3n) is 2.46. The molecule has 0 aliphatic rings. The van der Waals surface area contributed by atoms with Crippen LogP contribution >= 0.6 is 22.5 Å². The lowest BCUT2D eigenvalue weighted by Gasteiger charge is -2.17. The van der Waals surface area contributed by atoms with Gasteiger partial charge in [-0.25, -0.2) is 0 Å². The summed E-state index contributed by atoms with van der Waals surface area (Å²) in [6, 6.07) is 1.53. The Labute approximate surface area is 108 Å². The molecule has 0 spiro atoms. The molecule has 1 aromatic rings. The minimum Gasteiger partial charge on any atom is -0.259 e. The normalized spacial score (nSPS) is 14.1. The molecule has 0 amide bonds. The number of aromatic nitrogens is 1. The highest BCUT2D eigenvalue weighted by Crippen LogP contribution is 2.37. The van der Waals surface area contributed by atoms with Crippen LogP contribution in [0.1, 0.15) is 48.8 Å². The molecule has 17 heavy (non-hydrogen) atoms. The molecule has 1 unspecified atom stereocenters. The summed E-state index contributed by atoms with van der Waals surface area (Å²) in [6.07, 6.45) is -3.42. The van der Waals surface area contributed by atoms with E-state index in [1.165, 1.54) is 16.9 Å². The summed E-state index contributed by atoms with van der Waals surface area (Å²) in [7, 11) is 1.26. The van der Waals surface area contributed by atoms with Gasteiger partial charge in [0.2, 0.25) is 0 Å². The number of thiol groups is 1. The van der Waals surface area contributed by atoms with E-state index in [1.54, 1.807) is 13.8 Å². The highest BCUT2D eigenvalue weighted by molar-refractivity contribution is 8.68. The fourth-order valence-electron chi connectivity index (χ4n) is 1.48. The van der Waals surface area contributed by atoms with Crippen molar-refractivity contribution in [2.45, 2.75) is 38.1 Å². The van der Waals surface area contributed by atoms with Gasteiger partial charge in [0.1, 0.15) is 0 Å². The second-order valence-corrected chi connectivity index (χ2v) is 5.65. The molecule has 1 heterocycles. The molecule has 0 saturated carbocycles. The summed E-state index contributed by atoms with van der Waals surface area (Å²) < 4.78 is 38.3. The van der Waals surface area contributed by atoms with E-state index in [-0.39, 0.29) is 16.7 Å². The Hall–Kier alpha value is -0.360. The fourth-order valence-corrected chi connectivity index (χ4v) is 2.04. The van der Waals surface area contributed by atoms with Crippen LogP contribution in [-0.2, 0) is 6.18 Å². The zero-order valence-corrected chi connectivity index (χ0v) is 11.5. The zero-order valence-electron chi connectivity index (χ0n) is 9.75. The lowest BCUT2D eigenvalue weighted by molar-refractivity contribution is -0.138. The van der Waals surface area contributed by atoms with Crippen molar-refractivity contribution < 1.29 is 13.2 Å². The quantitative estimate of drug-likeness (QED) is 0.627. The van der Waals surface area contributed by atoms with Gasteiger partial charge < -0.3 is 0 Å². The number of hydrogen-bond acceptors (Lipinski definition) is 3. The number of nitrogens with zero attached hydrogens (tertiary/aromatic N) is 1. The lowest BCUT2D eigenvalue weighted by Crippen LogP contribution is -2.12. The van der Waals surface area contributed by atoms with E-state index in [9.17, 15) is 13.2 Å². The van der Waals surface area contributed by atoms with Crippen molar-refractivity contribution in [3.8, 4) is 0 Å². The average Bonchev–Trinajstić information content (AvgIpc) is 2.25. The van der Waals surface area contributed by atoms with Gasteiger partial charge in [-0.3, -0.25) is 4.98 Å².